The number of carbonyl (C=O) groups excluding carboxylic acids is 3. The Morgan fingerprint density at radius 1 is 1.27 bits per heavy atom. The van der Waals surface area contributed by atoms with Gasteiger partial charge in [0.25, 0.3) is 0 Å². The van der Waals surface area contributed by atoms with Crippen molar-refractivity contribution in [1.29, 1.82) is 0 Å². The van der Waals surface area contributed by atoms with Crippen LogP contribution in [0.3, 0.4) is 0 Å². The highest BCUT2D eigenvalue weighted by Crippen LogP contribution is 2.46. The molecule has 0 bridgehead atoms. The van der Waals surface area contributed by atoms with Crippen molar-refractivity contribution in [2.75, 3.05) is 4.90 Å². The van der Waals surface area contributed by atoms with Crippen molar-refractivity contribution in [3.05, 3.63) is 58.9 Å². The second-order valence-electron chi connectivity index (χ2n) is 8.39. The van der Waals surface area contributed by atoms with Crippen molar-refractivity contribution < 1.29 is 23.1 Å². The van der Waals surface area contributed by atoms with Crippen molar-refractivity contribution in [2.45, 2.75) is 39.3 Å². The Kier molecular flexibility index (Phi) is 6.13. The molecule has 1 aromatic heterocycles. The van der Waals surface area contributed by atoms with Gasteiger partial charge in [-0.3, -0.25) is 23.5 Å². The summed E-state index contributed by atoms with van der Waals surface area (Å²) in [4.78, 5) is 46.8. The van der Waals surface area contributed by atoms with E-state index in [1.165, 1.54) is 30.4 Å². The van der Waals surface area contributed by atoms with Crippen LogP contribution in [-0.4, -0.2) is 48.4 Å². The standard InChI is InChI=1S/C23H24N4O5S/c1-12(2)8-17(27(13(3)28)19-10-24-11-25-19)23(30)26-21-20-15-7-5-4-6-14(15)16(20)9-18(22(21)29)33(31)32/h4-7,9-12,17,21H,8H2,1-3H3,(H,24,25)(H,26,30)(H,31,32)/p-1/t17-,21?/m0/s1. The minimum absolute atomic E-state index is 0.0522. The van der Waals surface area contributed by atoms with E-state index in [4.69, 9.17) is 0 Å². The molecule has 0 fully saturated rings. The number of rotatable bonds is 7. The van der Waals surface area contributed by atoms with Crippen LogP contribution < -0.4 is 10.2 Å². The van der Waals surface area contributed by atoms with Crippen molar-refractivity contribution in [2.24, 2.45) is 5.92 Å². The Bertz CT molecular complexity index is 1220. The number of Topliss-reactive ketones (excluding diaryl/α,β-unsaturated/α-hetero) is 1. The van der Waals surface area contributed by atoms with Gasteiger partial charge < -0.3 is 14.9 Å². The second kappa shape index (κ2) is 8.87. The number of benzene rings is 1. The third-order valence-electron chi connectivity index (χ3n) is 5.72. The summed E-state index contributed by atoms with van der Waals surface area (Å²) >= 11 is -2.76. The van der Waals surface area contributed by atoms with E-state index in [0.717, 1.165) is 11.1 Å². The van der Waals surface area contributed by atoms with Crippen molar-refractivity contribution >= 4 is 45.6 Å². The predicted octanol–water partition coefficient (Wildman–Crippen LogP) is 1.93. The number of ketones is 1. The molecule has 172 valence electrons. The molecule has 9 nitrogen and oxygen atoms in total. The number of anilines is 1. The predicted molar refractivity (Wildman–Crippen MR) is 122 cm³/mol. The minimum Gasteiger partial charge on any atom is -0.768 e. The average Bonchev–Trinajstić information content (AvgIpc) is 3.26. The number of carbonyl (C=O) groups is 3. The number of H-pyrrole nitrogens is 1. The molecule has 2 unspecified atom stereocenters. The zero-order chi connectivity index (χ0) is 23.9. The van der Waals surface area contributed by atoms with Gasteiger partial charge in [-0.2, -0.15) is 0 Å². The van der Waals surface area contributed by atoms with Crippen LogP contribution in [0.15, 0.2) is 47.8 Å². The lowest BCUT2D eigenvalue weighted by atomic mass is 9.73. The highest BCUT2D eigenvalue weighted by atomic mass is 32.2. The zero-order valence-electron chi connectivity index (χ0n) is 18.3. The maximum absolute atomic E-state index is 13.5. The molecule has 1 heterocycles. The van der Waals surface area contributed by atoms with E-state index in [9.17, 15) is 23.1 Å². The number of aromatic amines is 1. The topological polar surface area (TPSA) is 135 Å². The van der Waals surface area contributed by atoms with Crippen molar-refractivity contribution in [3.63, 3.8) is 0 Å². The van der Waals surface area contributed by atoms with Gasteiger partial charge in [-0.15, -0.1) is 0 Å². The summed E-state index contributed by atoms with van der Waals surface area (Å²) in [7, 11) is 0. The van der Waals surface area contributed by atoms with E-state index in [1.54, 1.807) is 0 Å². The van der Waals surface area contributed by atoms with Crippen LogP contribution in [0.4, 0.5) is 5.82 Å². The summed E-state index contributed by atoms with van der Waals surface area (Å²) in [5, 5.41) is 2.74. The van der Waals surface area contributed by atoms with Crippen LogP contribution in [0.1, 0.15) is 38.3 Å². The summed E-state index contributed by atoms with van der Waals surface area (Å²) < 4.78 is 23.5. The van der Waals surface area contributed by atoms with E-state index in [2.05, 4.69) is 15.3 Å². The normalized spacial score (nSPS) is 18.6. The number of fused-ring (bicyclic) bond motifs is 3. The largest absolute Gasteiger partial charge is 0.768 e. The minimum atomic E-state index is -2.76. The number of nitrogens with zero attached hydrogens (tertiary/aromatic N) is 2. The molecule has 2 aromatic rings. The fourth-order valence-corrected chi connectivity index (χ4v) is 4.84. The molecule has 0 spiro atoms. The lowest BCUT2D eigenvalue weighted by Gasteiger charge is -2.37. The highest BCUT2D eigenvalue weighted by molar-refractivity contribution is 7.84. The smallest absolute Gasteiger partial charge is 0.244 e. The van der Waals surface area contributed by atoms with Crippen LogP contribution in [0.5, 0.6) is 0 Å². The monoisotopic (exact) mass is 467 g/mol. The van der Waals surface area contributed by atoms with Crippen LogP contribution in [-0.2, 0) is 25.5 Å². The highest BCUT2D eigenvalue weighted by Gasteiger charge is 2.42. The molecule has 2 aliphatic carbocycles. The van der Waals surface area contributed by atoms with E-state index >= 15 is 0 Å². The Morgan fingerprint density at radius 3 is 2.55 bits per heavy atom. The van der Waals surface area contributed by atoms with Gasteiger partial charge in [-0.25, -0.2) is 4.98 Å². The van der Waals surface area contributed by atoms with Crippen LogP contribution >= 0.6 is 0 Å². The Hall–Kier alpha value is -3.37. The van der Waals surface area contributed by atoms with Gasteiger partial charge >= 0.3 is 0 Å². The van der Waals surface area contributed by atoms with Gasteiger partial charge in [-0.05, 0) is 51.8 Å². The van der Waals surface area contributed by atoms with Gasteiger partial charge in [0.2, 0.25) is 11.8 Å². The number of nitrogens with one attached hydrogen (secondary N) is 2. The van der Waals surface area contributed by atoms with Gasteiger partial charge in [0.05, 0.1) is 17.4 Å². The van der Waals surface area contributed by atoms with E-state index in [1.807, 2.05) is 38.1 Å². The first kappa shape index (κ1) is 22.8. The van der Waals surface area contributed by atoms with Crippen molar-refractivity contribution in [3.8, 4) is 0 Å². The van der Waals surface area contributed by atoms with Crippen LogP contribution in [0.2, 0.25) is 0 Å². The molecule has 4 rings (SSSR count). The maximum Gasteiger partial charge on any atom is 0.244 e. The molecule has 2 N–H and O–H groups in total. The van der Waals surface area contributed by atoms with Gasteiger partial charge in [-0.1, -0.05) is 38.1 Å². The fourth-order valence-electron chi connectivity index (χ4n) is 4.34. The summed E-state index contributed by atoms with van der Waals surface area (Å²) in [6.45, 7) is 5.18. The maximum atomic E-state index is 13.5. The van der Waals surface area contributed by atoms with Crippen molar-refractivity contribution in [1.82, 2.24) is 15.3 Å². The zero-order valence-corrected chi connectivity index (χ0v) is 19.1. The molecule has 0 aliphatic heterocycles. The summed E-state index contributed by atoms with van der Waals surface area (Å²) in [5.41, 5.74) is 2.81. The van der Waals surface area contributed by atoms with E-state index < -0.39 is 34.9 Å². The van der Waals surface area contributed by atoms with Crippen LogP contribution in [0.25, 0.3) is 11.1 Å². The molecule has 2 aliphatic rings. The first-order valence-electron chi connectivity index (χ1n) is 10.5. The number of amides is 2. The van der Waals surface area contributed by atoms with Gasteiger partial charge in [0, 0.05) is 6.92 Å². The number of hydrogen-bond acceptors (Lipinski definition) is 6. The lowest BCUT2D eigenvalue weighted by Crippen LogP contribution is -2.55. The number of hydrogen-bond donors (Lipinski definition) is 2. The van der Waals surface area contributed by atoms with E-state index in [-0.39, 0.29) is 16.7 Å². The molecule has 0 saturated heterocycles. The Morgan fingerprint density at radius 2 is 1.97 bits per heavy atom. The fraction of sp³-hybridized carbons (Fsp3) is 0.304. The second-order valence-corrected chi connectivity index (χ2v) is 9.30. The SMILES string of the molecule is CC(=O)N(c1cnc[nH]1)[C@@H](CC(C)C)C(=O)NC1C(=O)C(S(=O)[O-])=CC2=C1c1ccccc12. The first-order valence-corrected chi connectivity index (χ1v) is 11.6. The molecule has 1 aromatic carbocycles. The molecule has 0 saturated carbocycles. The van der Waals surface area contributed by atoms with Crippen LogP contribution in [0, 0.1) is 5.92 Å². The number of aromatic nitrogens is 2. The van der Waals surface area contributed by atoms with Gasteiger partial charge in [0.1, 0.15) is 17.9 Å². The number of imidazole rings is 1. The molecule has 3 atom stereocenters. The molecular formula is C23H23N4O5S-. The summed E-state index contributed by atoms with van der Waals surface area (Å²) in [6.07, 6.45) is 4.52. The van der Waals surface area contributed by atoms with E-state index in [0.29, 0.717) is 23.4 Å². The molecule has 10 heteroatoms. The quantitative estimate of drug-likeness (QED) is 0.598. The lowest BCUT2D eigenvalue weighted by molar-refractivity contribution is -0.128. The Balaban J connectivity index is 1.70. The summed E-state index contributed by atoms with van der Waals surface area (Å²) in [6, 6.07) is 5.21. The third-order valence-corrected chi connectivity index (χ3v) is 6.40. The Labute approximate surface area is 193 Å². The average molecular weight is 468 g/mol. The number of allylic oxidation sites excluding steroid dienone is 2. The van der Waals surface area contributed by atoms with Gasteiger partial charge in [0.15, 0.2) is 5.78 Å². The first-order chi connectivity index (χ1) is 15.7. The summed E-state index contributed by atoms with van der Waals surface area (Å²) in [5.74, 6) is -1.22. The molecule has 2 amide bonds. The molecular weight excluding hydrogens is 444 g/mol. The molecule has 0 radical (unpaired) electrons. The third kappa shape index (κ3) is 4.07. The molecule has 33 heavy (non-hydrogen) atoms.